The van der Waals surface area contributed by atoms with Crippen molar-refractivity contribution in [2.45, 2.75) is 51.0 Å². The molecule has 0 aliphatic carbocycles. The minimum Gasteiger partial charge on any atom is -0.457 e. The number of likely N-dealkylation sites (tertiary alicyclic amines) is 1. The highest BCUT2D eigenvalue weighted by molar-refractivity contribution is 6.30. The summed E-state index contributed by atoms with van der Waals surface area (Å²) in [7, 11) is 3.59. The summed E-state index contributed by atoms with van der Waals surface area (Å²) in [6, 6.07) is 15.0. The molecule has 3 atom stereocenters. The number of amides is 1. The molecule has 1 amide bonds. The van der Waals surface area contributed by atoms with E-state index in [0.717, 1.165) is 38.8 Å². The Morgan fingerprint density at radius 2 is 2.03 bits per heavy atom. The van der Waals surface area contributed by atoms with Crippen LogP contribution in [0.2, 0.25) is 5.02 Å². The van der Waals surface area contributed by atoms with Crippen LogP contribution in [0.3, 0.4) is 0 Å². The van der Waals surface area contributed by atoms with Crippen LogP contribution in [-0.4, -0.2) is 56.3 Å². The third-order valence-electron chi connectivity index (χ3n) is 7.06. The number of rotatable bonds is 13. The maximum atomic E-state index is 13.1. The second-order valence-corrected chi connectivity index (χ2v) is 10.4. The van der Waals surface area contributed by atoms with E-state index in [1.807, 2.05) is 54.4 Å². The minimum absolute atomic E-state index is 0.131. The second kappa shape index (κ2) is 14.0. The molecule has 3 rings (SSSR count). The zero-order valence-corrected chi connectivity index (χ0v) is 22.6. The molecule has 2 aromatic rings. The zero-order chi connectivity index (χ0) is 26.0. The summed E-state index contributed by atoms with van der Waals surface area (Å²) in [5.74, 6) is 1.56. The van der Waals surface area contributed by atoms with Gasteiger partial charge in [-0.1, -0.05) is 36.7 Å². The lowest BCUT2D eigenvalue weighted by Crippen LogP contribution is -2.48. The maximum Gasteiger partial charge on any atom is 0.222 e. The number of piperidine rings is 1. The van der Waals surface area contributed by atoms with Crippen molar-refractivity contribution in [3.8, 4) is 11.5 Å². The summed E-state index contributed by atoms with van der Waals surface area (Å²) >= 11 is 6.46. The lowest BCUT2D eigenvalue weighted by atomic mass is 9.73. The van der Waals surface area contributed by atoms with Crippen LogP contribution in [0.25, 0.3) is 0 Å². The summed E-state index contributed by atoms with van der Waals surface area (Å²) in [6.07, 6.45) is 4.33. The number of unbranched alkanes of at least 4 members (excludes halogenated alkanes) is 1. The van der Waals surface area contributed by atoms with Crippen molar-refractivity contribution in [1.82, 2.24) is 10.2 Å². The molecule has 1 aliphatic heterocycles. The normalized spacial score (nSPS) is 18.5. The molecule has 2 aromatic carbocycles. The molecule has 198 valence electrons. The van der Waals surface area contributed by atoms with E-state index < -0.39 is 5.60 Å². The first-order chi connectivity index (χ1) is 17.4. The van der Waals surface area contributed by atoms with E-state index in [-0.39, 0.29) is 17.7 Å². The Morgan fingerprint density at radius 1 is 1.25 bits per heavy atom. The fourth-order valence-electron chi connectivity index (χ4n) is 5.19. The summed E-state index contributed by atoms with van der Waals surface area (Å²) in [5.41, 5.74) is -0.516. The third-order valence-corrected chi connectivity index (χ3v) is 7.30. The number of methoxy groups -OCH3 is 1. The first-order valence-corrected chi connectivity index (χ1v) is 13.4. The van der Waals surface area contributed by atoms with Crippen LogP contribution >= 0.6 is 11.6 Å². The third kappa shape index (κ3) is 7.69. The van der Waals surface area contributed by atoms with Gasteiger partial charge >= 0.3 is 0 Å². The predicted octanol–water partition coefficient (Wildman–Crippen LogP) is 5.62. The van der Waals surface area contributed by atoms with Gasteiger partial charge in [-0.3, -0.25) is 4.79 Å². The van der Waals surface area contributed by atoms with E-state index in [1.165, 1.54) is 0 Å². The number of aliphatic hydroxyl groups is 1. The Bertz CT molecular complexity index is 958. The van der Waals surface area contributed by atoms with Gasteiger partial charge in [-0.15, -0.1) is 0 Å². The van der Waals surface area contributed by atoms with Crippen molar-refractivity contribution in [3.63, 3.8) is 0 Å². The van der Waals surface area contributed by atoms with Gasteiger partial charge in [0, 0.05) is 49.7 Å². The predicted molar refractivity (Wildman–Crippen MR) is 145 cm³/mol. The fourth-order valence-corrected chi connectivity index (χ4v) is 5.36. The molecular weight excluding hydrogens is 476 g/mol. The molecular formula is C29H41ClN2O4. The lowest BCUT2D eigenvalue weighted by molar-refractivity contribution is -0.137. The van der Waals surface area contributed by atoms with Crippen molar-refractivity contribution in [2.75, 3.05) is 40.4 Å². The van der Waals surface area contributed by atoms with Crippen molar-refractivity contribution in [2.24, 2.45) is 11.8 Å². The lowest BCUT2D eigenvalue weighted by Gasteiger charge is -2.43. The molecule has 0 unspecified atom stereocenters. The monoisotopic (exact) mass is 516 g/mol. The van der Waals surface area contributed by atoms with Gasteiger partial charge in [-0.25, -0.2) is 0 Å². The summed E-state index contributed by atoms with van der Waals surface area (Å²) in [4.78, 5) is 15.0. The highest BCUT2D eigenvalue weighted by atomic mass is 35.5. The Morgan fingerprint density at radius 3 is 2.75 bits per heavy atom. The first-order valence-electron chi connectivity index (χ1n) is 13.0. The molecule has 2 N–H and O–H groups in total. The number of nitrogens with zero attached hydrogens (tertiary/aromatic N) is 1. The van der Waals surface area contributed by atoms with Crippen LogP contribution in [0.5, 0.6) is 11.5 Å². The number of hydrogen-bond acceptors (Lipinski definition) is 5. The zero-order valence-electron chi connectivity index (χ0n) is 21.8. The van der Waals surface area contributed by atoms with Gasteiger partial charge in [0.1, 0.15) is 11.5 Å². The Hall–Kier alpha value is -2.12. The molecule has 1 heterocycles. The van der Waals surface area contributed by atoms with Crippen molar-refractivity contribution < 1.29 is 19.4 Å². The first kappa shape index (κ1) is 28.5. The maximum absolute atomic E-state index is 13.1. The Kier molecular flexibility index (Phi) is 11.1. The number of carbonyl (C=O) groups is 1. The fraction of sp³-hybridized carbons (Fsp3) is 0.552. The highest BCUT2D eigenvalue weighted by Crippen LogP contribution is 2.45. The SMILES string of the molecule is CNC[C@H](C)CC(=O)N1CCC[C@@H]([C@@](O)(CCCCOC)c2cc(Cl)ccc2Oc2ccccc2)C1. The number of carbonyl (C=O) groups excluding carboxylic acids is 1. The molecule has 0 saturated carbocycles. The number of benzene rings is 2. The molecule has 0 bridgehead atoms. The van der Waals surface area contributed by atoms with Gasteiger partial charge in [0.2, 0.25) is 5.91 Å². The second-order valence-electron chi connectivity index (χ2n) is 9.98. The van der Waals surface area contributed by atoms with Crippen LogP contribution in [0.1, 0.15) is 51.0 Å². The summed E-state index contributed by atoms with van der Waals surface area (Å²) < 4.78 is 11.5. The van der Waals surface area contributed by atoms with Crippen molar-refractivity contribution >= 4 is 17.5 Å². The average molecular weight is 517 g/mol. The number of nitrogens with one attached hydrogen (secondary N) is 1. The average Bonchev–Trinajstić information content (AvgIpc) is 2.88. The molecule has 36 heavy (non-hydrogen) atoms. The molecule has 0 radical (unpaired) electrons. The molecule has 0 aromatic heterocycles. The standard InChI is InChI=1S/C29H41ClN2O4/c1-22(20-31-2)18-28(33)32-16-9-10-23(21-32)29(34,15-7-8-17-35-3)26-19-24(30)13-14-27(26)36-25-11-5-4-6-12-25/h4-6,11-14,19,22-23,31,34H,7-10,15-18,20-21H2,1-3H3/t22-,23-,29+/m1/s1. The number of halogens is 1. The van der Waals surface area contributed by atoms with E-state index >= 15 is 0 Å². The van der Waals surface area contributed by atoms with Crippen molar-refractivity contribution in [1.29, 1.82) is 0 Å². The number of para-hydroxylation sites is 1. The quantitative estimate of drug-likeness (QED) is 0.338. The van der Waals surface area contributed by atoms with Crippen molar-refractivity contribution in [3.05, 3.63) is 59.1 Å². The van der Waals surface area contributed by atoms with Crippen LogP contribution in [0, 0.1) is 11.8 Å². The van der Waals surface area contributed by atoms with E-state index in [2.05, 4.69) is 12.2 Å². The van der Waals surface area contributed by atoms with Gasteiger partial charge in [-0.2, -0.15) is 0 Å². The van der Waals surface area contributed by atoms with Gasteiger partial charge in [-0.05, 0) is 81.9 Å². The van der Waals surface area contributed by atoms with E-state index in [0.29, 0.717) is 48.1 Å². The molecule has 1 fully saturated rings. The molecule has 1 aliphatic rings. The largest absolute Gasteiger partial charge is 0.457 e. The molecule has 0 spiro atoms. The number of hydrogen-bond donors (Lipinski definition) is 2. The van der Waals surface area contributed by atoms with Gasteiger partial charge < -0.3 is 24.8 Å². The number of ether oxygens (including phenoxy) is 2. The Balaban J connectivity index is 1.91. The Labute approximate surface area is 220 Å². The minimum atomic E-state index is -1.20. The van der Waals surface area contributed by atoms with Crippen LogP contribution in [0.4, 0.5) is 0 Å². The van der Waals surface area contributed by atoms with Crippen LogP contribution in [0.15, 0.2) is 48.5 Å². The van der Waals surface area contributed by atoms with Crippen LogP contribution in [-0.2, 0) is 15.1 Å². The van der Waals surface area contributed by atoms with Crippen LogP contribution < -0.4 is 10.1 Å². The van der Waals surface area contributed by atoms with E-state index in [9.17, 15) is 9.90 Å². The molecule has 6 nitrogen and oxygen atoms in total. The van der Waals surface area contributed by atoms with E-state index in [1.54, 1.807) is 13.2 Å². The van der Waals surface area contributed by atoms with E-state index in [4.69, 9.17) is 21.1 Å². The summed E-state index contributed by atoms with van der Waals surface area (Å²) in [6.45, 7) is 4.77. The summed E-state index contributed by atoms with van der Waals surface area (Å²) in [5, 5.41) is 16.1. The topological polar surface area (TPSA) is 71.0 Å². The van der Waals surface area contributed by atoms with Gasteiger partial charge in [0.05, 0.1) is 5.60 Å². The smallest absolute Gasteiger partial charge is 0.222 e. The highest BCUT2D eigenvalue weighted by Gasteiger charge is 2.43. The molecule has 1 saturated heterocycles. The van der Waals surface area contributed by atoms with Gasteiger partial charge in [0.25, 0.3) is 0 Å². The molecule has 7 heteroatoms. The van der Waals surface area contributed by atoms with Gasteiger partial charge in [0.15, 0.2) is 0 Å².